The highest BCUT2D eigenvalue weighted by molar-refractivity contribution is 5.78. The number of hydrogen-bond donors (Lipinski definition) is 0. The minimum absolute atomic E-state index is 0.123. The molecule has 0 aromatic heterocycles. The second kappa shape index (κ2) is 9.12. The lowest BCUT2D eigenvalue weighted by Crippen LogP contribution is -2.43. The van der Waals surface area contributed by atoms with Crippen LogP contribution in [-0.4, -0.2) is 41.4 Å². The van der Waals surface area contributed by atoms with Crippen LogP contribution in [0.5, 0.6) is 0 Å². The van der Waals surface area contributed by atoms with E-state index in [9.17, 15) is 4.79 Å². The predicted octanol–water partition coefficient (Wildman–Crippen LogP) is 3.19. The summed E-state index contributed by atoms with van der Waals surface area (Å²) < 4.78 is 0. The molecule has 0 aliphatic carbocycles. The van der Waals surface area contributed by atoms with Crippen molar-refractivity contribution in [1.82, 2.24) is 9.80 Å². The number of carbonyl (C=O) groups is 1. The highest BCUT2D eigenvalue weighted by Gasteiger charge is 2.18. The number of nitrogens with zero attached hydrogens (tertiary/aromatic N) is 3. The fourth-order valence-corrected chi connectivity index (χ4v) is 2.32. The fraction of sp³-hybridized carbons (Fsp3) is 0.474. The Morgan fingerprint density at radius 1 is 1.26 bits per heavy atom. The molecule has 0 bridgehead atoms. The molecule has 1 amide bonds. The molecule has 0 saturated heterocycles. The average molecular weight is 313 g/mol. The summed E-state index contributed by atoms with van der Waals surface area (Å²) >= 11 is 0. The Labute approximate surface area is 140 Å². The normalized spacial score (nSPS) is 10.7. The van der Waals surface area contributed by atoms with Crippen molar-refractivity contribution in [3.63, 3.8) is 0 Å². The lowest BCUT2D eigenvalue weighted by atomic mass is 10.1. The maximum absolute atomic E-state index is 12.5. The van der Waals surface area contributed by atoms with Crippen LogP contribution in [0.2, 0.25) is 0 Å². The lowest BCUT2D eigenvalue weighted by Gasteiger charge is -2.29. The van der Waals surface area contributed by atoms with Gasteiger partial charge in [-0.25, -0.2) is 0 Å². The van der Waals surface area contributed by atoms with Crippen LogP contribution in [0.1, 0.15) is 38.8 Å². The Kier molecular flexibility index (Phi) is 7.50. The van der Waals surface area contributed by atoms with E-state index in [0.29, 0.717) is 31.7 Å². The number of benzene rings is 1. The zero-order chi connectivity index (χ0) is 17.4. The molecule has 0 radical (unpaired) electrons. The van der Waals surface area contributed by atoms with E-state index < -0.39 is 0 Å². The zero-order valence-electron chi connectivity index (χ0n) is 14.7. The first-order valence-corrected chi connectivity index (χ1v) is 8.02. The van der Waals surface area contributed by atoms with E-state index in [1.165, 1.54) is 0 Å². The second-order valence-corrected chi connectivity index (χ2v) is 6.17. The first-order valence-electron chi connectivity index (χ1n) is 8.02. The molecule has 0 heterocycles. The van der Waals surface area contributed by atoms with Gasteiger partial charge < -0.3 is 4.90 Å². The summed E-state index contributed by atoms with van der Waals surface area (Å²) in [6, 6.07) is 9.91. The van der Waals surface area contributed by atoms with Crippen molar-refractivity contribution in [3.8, 4) is 6.07 Å². The highest BCUT2D eigenvalue weighted by atomic mass is 16.2. The van der Waals surface area contributed by atoms with Gasteiger partial charge in [0, 0.05) is 25.7 Å². The summed E-state index contributed by atoms with van der Waals surface area (Å²) in [7, 11) is 0. The molecule has 0 aliphatic rings. The maximum Gasteiger partial charge on any atom is 0.237 e. The molecule has 23 heavy (non-hydrogen) atoms. The van der Waals surface area contributed by atoms with Crippen LogP contribution >= 0.6 is 0 Å². The van der Waals surface area contributed by atoms with Crippen molar-refractivity contribution in [2.45, 2.75) is 40.3 Å². The van der Waals surface area contributed by atoms with E-state index in [-0.39, 0.29) is 11.9 Å². The SMILES string of the molecule is C=C(C)CN(CC)C(=O)CN(Cc1ccc(C#N)cc1)C(C)C. The Balaban J connectivity index is 2.75. The van der Waals surface area contributed by atoms with E-state index >= 15 is 0 Å². The Morgan fingerprint density at radius 3 is 2.30 bits per heavy atom. The number of hydrogen-bond acceptors (Lipinski definition) is 3. The summed E-state index contributed by atoms with van der Waals surface area (Å²) in [5, 5.41) is 8.86. The molecule has 0 aliphatic heterocycles. The van der Waals surface area contributed by atoms with Gasteiger partial charge in [0.1, 0.15) is 0 Å². The smallest absolute Gasteiger partial charge is 0.237 e. The molecule has 0 unspecified atom stereocenters. The van der Waals surface area contributed by atoms with Gasteiger partial charge in [0.15, 0.2) is 0 Å². The molecule has 4 nitrogen and oxygen atoms in total. The van der Waals surface area contributed by atoms with Crippen LogP contribution in [0.3, 0.4) is 0 Å². The molecule has 0 spiro atoms. The van der Waals surface area contributed by atoms with E-state index in [2.05, 4.69) is 31.4 Å². The molecular formula is C19H27N3O. The van der Waals surface area contributed by atoms with Gasteiger partial charge in [-0.2, -0.15) is 5.26 Å². The summed E-state index contributed by atoms with van der Waals surface area (Å²) in [5.41, 5.74) is 2.75. The average Bonchev–Trinajstić information content (AvgIpc) is 2.52. The number of rotatable bonds is 8. The summed E-state index contributed by atoms with van der Waals surface area (Å²) in [5.74, 6) is 0.123. The summed E-state index contributed by atoms with van der Waals surface area (Å²) in [6.07, 6.45) is 0. The third-order valence-electron chi connectivity index (χ3n) is 3.73. The van der Waals surface area contributed by atoms with Crippen molar-refractivity contribution in [2.24, 2.45) is 0 Å². The van der Waals surface area contributed by atoms with Crippen LogP contribution in [0.4, 0.5) is 0 Å². The Hall–Kier alpha value is -2.12. The summed E-state index contributed by atoms with van der Waals surface area (Å²) in [4.78, 5) is 16.5. The van der Waals surface area contributed by atoms with Crippen molar-refractivity contribution < 1.29 is 4.79 Å². The van der Waals surface area contributed by atoms with Crippen LogP contribution in [-0.2, 0) is 11.3 Å². The van der Waals surface area contributed by atoms with Gasteiger partial charge in [-0.3, -0.25) is 9.69 Å². The quantitative estimate of drug-likeness (QED) is 0.692. The molecule has 0 atom stereocenters. The highest BCUT2D eigenvalue weighted by Crippen LogP contribution is 2.11. The van der Waals surface area contributed by atoms with Crippen molar-refractivity contribution in [3.05, 3.63) is 47.5 Å². The fourth-order valence-electron chi connectivity index (χ4n) is 2.32. The standard InChI is InChI=1S/C19H27N3O/c1-6-21(12-15(2)3)19(23)14-22(16(4)5)13-18-9-7-17(11-20)8-10-18/h7-10,16H,2,6,12-14H2,1,3-5H3. The van der Waals surface area contributed by atoms with Crippen LogP contribution < -0.4 is 0 Å². The second-order valence-electron chi connectivity index (χ2n) is 6.17. The number of amides is 1. The molecular weight excluding hydrogens is 286 g/mol. The molecule has 4 heteroatoms. The number of carbonyl (C=O) groups excluding carboxylic acids is 1. The van der Waals surface area contributed by atoms with Crippen LogP contribution in [0, 0.1) is 11.3 Å². The topological polar surface area (TPSA) is 47.3 Å². The Bertz CT molecular complexity index is 569. The predicted molar refractivity (Wildman–Crippen MR) is 93.8 cm³/mol. The monoisotopic (exact) mass is 313 g/mol. The van der Waals surface area contributed by atoms with Crippen LogP contribution in [0.15, 0.2) is 36.4 Å². The number of likely N-dealkylation sites (N-methyl/N-ethyl adjacent to an activating group) is 1. The molecule has 0 saturated carbocycles. The van der Waals surface area contributed by atoms with E-state index in [0.717, 1.165) is 11.1 Å². The first kappa shape index (κ1) is 18.9. The lowest BCUT2D eigenvalue weighted by molar-refractivity contribution is -0.132. The van der Waals surface area contributed by atoms with Gasteiger partial charge >= 0.3 is 0 Å². The maximum atomic E-state index is 12.5. The zero-order valence-corrected chi connectivity index (χ0v) is 14.7. The van der Waals surface area contributed by atoms with Gasteiger partial charge in [-0.05, 0) is 45.4 Å². The number of nitriles is 1. The van der Waals surface area contributed by atoms with Gasteiger partial charge in [-0.1, -0.05) is 24.3 Å². The molecule has 1 aromatic rings. The van der Waals surface area contributed by atoms with E-state index in [4.69, 9.17) is 5.26 Å². The van der Waals surface area contributed by atoms with Gasteiger partial charge in [-0.15, -0.1) is 0 Å². The van der Waals surface area contributed by atoms with Crippen LogP contribution in [0.25, 0.3) is 0 Å². The van der Waals surface area contributed by atoms with Gasteiger partial charge in [0.25, 0.3) is 0 Å². The summed E-state index contributed by atoms with van der Waals surface area (Å²) in [6.45, 7) is 14.4. The molecule has 1 rings (SSSR count). The van der Waals surface area contributed by atoms with Gasteiger partial charge in [0.05, 0.1) is 18.2 Å². The van der Waals surface area contributed by atoms with Crippen molar-refractivity contribution >= 4 is 5.91 Å². The Morgan fingerprint density at radius 2 is 1.87 bits per heavy atom. The molecule has 0 N–H and O–H groups in total. The van der Waals surface area contributed by atoms with Crippen molar-refractivity contribution in [2.75, 3.05) is 19.6 Å². The van der Waals surface area contributed by atoms with E-state index in [1.54, 1.807) is 0 Å². The third kappa shape index (κ3) is 6.25. The minimum atomic E-state index is 0.123. The molecule has 1 aromatic carbocycles. The van der Waals surface area contributed by atoms with Gasteiger partial charge in [0.2, 0.25) is 5.91 Å². The minimum Gasteiger partial charge on any atom is -0.338 e. The first-order chi connectivity index (χ1) is 10.9. The largest absolute Gasteiger partial charge is 0.338 e. The van der Waals surface area contributed by atoms with Crippen molar-refractivity contribution in [1.29, 1.82) is 5.26 Å². The molecule has 0 fully saturated rings. The third-order valence-corrected chi connectivity index (χ3v) is 3.73. The molecule has 124 valence electrons. The van der Waals surface area contributed by atoms with E-state index in [1.807, 2.05) is 43.0 Å².